The molecular formula is C11H10BrClN4O. The Kier molecular flexibility index (Phi) is 4.00. The summed E-state index contributed by atoms with van der Waals surface area (Å²) < 4.78 is 6.52. The van der Waals surface area contributed by atoms with E-state index >= 15 is 0 Å². The van der Waals surface area contributed by atoms with Crippen LogP contribution in [0.3, 0.4) is 0 Å². The van der Waals surface area contributed by atoms with Crippen LogP contribution in [0.1, 0.15) is 5.56 Å². The Bertz CT molecular complexity index is 579. The van der Waals surface area contributed by atoms with Gasteiger partial charge in [0.05, 0.1) is 5.02 Å². The molecule has 94 valence electrons. The Labute approximate surface area is 117 Å². The fraction of sp³-hybridized carbons (Fsp3) is 0.0909. The van der Waals surface area contributed by atoms with E-state index in [0.29, 0.717) is 16.7 Å². The van der Waals surface area contributed by atoms with E-state index in [-0.39, 0.29) is 5.95 Å². The first-order valence-corrected chi connectivity index (χ1v) is 6.20. The van der Waals surface area contributed by atoms with Crippen molar-refractivity contribution in [2.24, 2.45) is 5.84 Å². The summed E-state index contributed by atoms with van der Waals surface area (Å²) >= 11 is 9.39. The molecule has 5 nitrogen and oxygen atoms in total. The van der Waals surface area contributed by atoms with Crippen molar-refractivity contribution in [1.29, 1.82) is 0 Å². The van der Waals surface area contributed by atoms with Crippen LogP contribution < -0.4 is 16.0 Å². The molecule has 3 N–H and O–H groups in total. The van der Waals surface area contributed by atoms with Crippen LogP contribution in [-0.2, 0) is 0 Å². The minimum absolute atomic E-state index is 0.281. The van der Waals surface area contributed by atoms with Gasteiger partial charge >= 0.3 is 0 Å². The average Bonchev–Trinajstić information content (AvgIpc) is 2.35. The third-order valence-corrected chi connectivity index (χ3v) is 2.94. The number of hydrogen-bond donors (Lipinski definition) is 2. The predicted molar refractivity (Wildman–Crippen MR) is 73.8 cm³/mol. The number of benzene rings is 1. The van der Waals surface area contributed by atoms with Crippen molar-refractivity contribution in [3.8, 4) is 11.6 Å². The molecule has 2 aromatic rings. The second-order valence-electron chi connectivity index (χ2n) is 3.50. The van der Waals surface area contributed by atoms with Gasteiger partial charge in [0.25, 0.3) is 0 Å². The quantitative estimate of drug-likeness (QED) is 0.668. The summed E-state index contributed by atoms with van der Waals surface area (Å²) in [4.78, 5) is 8.08. The van der Waals surface area contributed by atoms with Crippen molar-refractivity contribution in [3.05, 3.63) is 39.5 Å². The molecule has 0 saturated carbocycles. The van der Waals surface area contributed by atoms with Gasteiger partial charge in [-0.3, -0.25) is 5.43 Å². The first kappa shape index (κ1) is 13.1. The molecule has 7 heteroatoms. The van der Waals surface area contributed by atoms with Gasteiger partial charge in [-0.1, -0.05) is 27.5 Å². The summed E-state index contributed by atoms with van der Waals surface area (Å²) in [6, 6.07) is 5.33. The summed E-state index contributed by atoms with van der Waals surface area (Å²) in [6.07, 6.45) is 1.62. The topological polar surface area (TPSA) is 73.1 Å². The first-order chi connectivity index (χ1) is 8.60. The minimum Gasteiger partial charge on any atom is -0.437 e. The van der Waals surface area contributed by atoms with E-state index in [1.165, 1.54) is 0 Å². The maximum Gasteiger partial charge on any atom is 0.240 e. The summed E-state index contributed by atoms with van der Waals surface area (Å²) in [5, 5.41) is 0.490. The fourth-order valence-electron chi connectivity index (χ4n) is 1.26. The molecule has 0 radical (unpaired) electrons. The van der Waals surface area contributed by atoms with Crippen LogP contribution in [0.15, 0.2) is 28.9 Å². The van der Waals surface area contributed by atoms with E-state index in [4.69, 9.17) is 22.2 Å². The normalized spacial score (nSPS) is 10.2. The molecule has 0 fully saturated rings. The molecule has 1 aromatic carbocycles. The molecule has 0 unspecified atom stereocenters. The van der Waals surface area contributed by atoms with E-state index < -0.39 is 0 Å². The lowest BCUT2D eigenvalue weighted by Crippen LogP contribution is -2.11. The Balaban J connectivity index is 2.33. The Morgan fingerprint density at radius 2 is 2.22 bits per heavy atom. The number of halogens is 2. The van der Waals surface area contributed by atoms with Crippen molar-refractivity contribution < 1.29 is 4.74 Å². The number of aromatic nitrogens is 2. The zero-order chi connectivity index (χ0) is 13.1. The standard InChI is InChI=1S/C11H10BrClN4O/c1-6-5-15-11(17-14)16-10(6)18-9-3-2-7(12)4-8(9)13/h2-5H,14H2,1H3,(H,15,16,17). The van der Waals surface area contributed by atoms with Crippen LogP contribution in [0.25, 0.3) is 0 Å². The number of hydrazine groups is 1. The largest absolute Gasteiger partial charge is 0.437 e. The highest BCUT2D eigenvalue weighted by Crippen LogP contribution is 2.32. The summed E-state index contributed by atoms with van der Waals surface area (Å²) in [5.74, 6) is 6.45. The molecule has 1 heterocycles. The number of anilines is 1. The SMILES string of the molecule is Cc1cnc(NN)nc1Oc1ccc(Br)cc1Cl. The molecule has 0 bridgehead atoms. The van der Waals surface area contributed by atoms with Gasteiger partial charge in [0.15, 0.2) is 0 Å². The number of ether oxygens (including phenoxy) is 1. The van der Waals surface area contributed by atoms with Gasteiger partial charge < -0.3 is 4.74 Å². The van der Waals surface area contributed by atoms with Crippen LogP contribution in [-0.4, -0.2) is 9.97 Å². The van der Waals surface area contributed by atoms with Crippen LogP contribution in [0.5, 0.6) is 11.6 Å². The molecule has 0 aliphatic heterocycles. The summed E-state index contributed by atoms with van der Waals surface area (Å²) in [7, 11) is 0. The molecule has 0 saturated heterocycles. The minimum atomic E-state index is 0.281. The van der Waals surface area contributed by atoms with Gasteiger partial charge in [0.1, 0.15) is 5.75 Å². The smallest absolute Gasteiger partial charge is 0.240 e. The van der Waals surface area contributed by atoms with Crippen molar-refractivity contribution in [2.75, 3.05) is 5.43 Å². The van der Waals surface area contributed by atoms with Crippen LogP contribution in [0, 0.1) is 6.92 Å². The van der Waals surface area contributed by atoms with Crippen LogP contribution >= 0.6 is 27.5 Å². The summed E-state index contributed by atoms with van der Waals surface area (Å²) in [6.45, 7) is 1.84. The second-order valence-corrected chi connectivity index (χ2v) is 4.83. The third-order valence-electron chi connectivity index (χ3n) is 2.15. The molecular weight excluding hydrogens is 320 g/mol. The number of nitrogens with zero attached hydrogens (tertiary/aromatic N) is 2. The van der Waals surface area contributed by atoms with Gasteiger partial charge in [-0.25, -0.2) is 10.8 Å². The number of hydrogen-bond acceptors (Lipinski definition) is 5. The lowest BCUT2D eigenvalue weighted by Gasteiger charge is -2.10. The Hall–Kier alpha value is -1.37. The highest BCUT2D eigenvalue weighted by atomic mass is 79.9. The van der Waals surface area contributed by atoms with Gasteiger partial charge in [-0.2, -0.15) is 4.98 Å². The maximum absolute atomic E-state index is 6.07. The van der Waals surface area contributed by atoms with Crippen molar-refractivity contribution in [3.63, 3.8) is 0 Å². The number of rotatable bonds is 3. The van der Waals surface area contributed by atoms with Crippen LogP contribution in [0.2, 0.25) is 5.02 Å². The molecule has 0 spiro atoms. The Morgan fingerprint density at radius 1 is 1.44 bits per heavy atom. The number of nitrogen functional groups attached to an aromatic ring is 1. The van der Waals surface area contributed by atoms with Crippen LogP contribution in [0.4, 0.5) is 5.95 Å². The van der Waals surface area contributed by atoms with Crippen molar-refractivity contribution in [1.82, 2.24) is 9.97 Å². The molecule has 0 amide bonds. The zero-order valence-corrected chi connectivity index (χ0v) is 11.8. The molecule has 0 aliphatic carbocycles. The fourth-order valence-corrected chi connectivity index (χ4v) is 1.97. The predicted octanol–water partition coefficient (Wildman–Crippen LogP) is 3.28. The molecule has 2 rings (SSSR count). The monoisotopic (exact) mass is 328 g/mol. The number of nitrogens with one attached hydrogen (secondary N) is 1. The summed E-state index contributed by atoms with van der Waals surface area (Å²) in [5.41, 5.74) is 3.15. The van der Waals surface area contributed by atoms with Crippen molar-refractivity contribution >= 4 is 33.5 Å². The highest BCUT2D eigenvalue weighted by molar-refractivity contribution is 9.10. The van der Waals surface area contributed by atoms with E-state index in [2.05, 4.69) is 31.3 Å². The average molecular weight is 330 g/mol. The van der Waals surface area contributed by atoms with E-state index in [9.17, 15) is 0 Å². The number of nitrogens with two attached hydrogens (primary N) is 1. The van der Waals surface area contributed by atoms with Crippen molar-refractivity contribution in [2.45, 2.75) is 6.92 Å². The Morgan fingerprint density at radius 3 is 2.89 bits per heavy atom. The van der Waals surface area contributed by atoms with Gasteiger partial charge in [-0.05, 0) is 25.1 Å². The van der Waals surface area contributed by atoms with Gasteiger partial charge in [-0.15, -0.1) is 0 Å². The van der Waals surface area contributed by atoms with Gasteiger partial charge in [0.2, 0.25) is 11.8 Å². The zero-order valence-electron chi connectivity index (χ0n) is 9.45. The lowest BCUT2D eigenvalue weighted by atomic mass is 10.3. The van der Waals surface area contributed by atoms with E-state index in [0.717, 1.165) is 10.0 Å². The first-order valence-electron chi connectivity index (χ1n) is 5.03. The van der Waals surface area contributed by atoms with Gasteiger partial charge in [0, 0.05) is 16.2 Å². The molecule has 1 aromatic heterocycles. The lowest BCUT2D eigenvalue weighted by molar-refractivity contribution is 0.458. The third kappa shape index (κ3) is 2.90. The second kappa shape index (κ2) is 5.51. The maximum atomic E-state index is 6.07. The highest BCUT2D eigenvalue weighted by Gasteiger charge is 2.08. The number of aryl methyl sites for hydroxylation is 1. The van der Waals surface area contributed by atoms with E-state index in [1.807, 2.05) is 13.0 Å². The molecule has 0 aliphatic rings. The van der Waals surface area contributed by atoms with E-state index in [1.54, 1.807) is 18.3 Å². The molecule has 0 atom stereocenters. The molecule has 18 heavy (non-hydrogen) atoms.